The van der Waals surface area contributed by atoms with Crippen LogP contribution in [0.1, 0.15) is 12.8 Å². The Balaban J connectivity index is 3.17. The van der Waals surface area contributed by atoms with Crippen molar-refractivity contribution < 1.29 is 8.42 Å². The summed E-state index contributed by atoms with van der Waals surface area (Å²) in [6, 6.07) is 0. The van der Waals surface area contributed by atoms with Gasteiger partial charge >= 0.3 is 0 Å². The van der Waals surface area contributed by atoms with Crippen LogP contribution in [0.3, 0.4) is 0 Å². The average molecular weight is 191 g/mol. The summed E-state index contributed by atoms with van der Waals surface area (Å²) in [5.41, 5.74) is 0. The van der Waals surface area contributed by atoms with Crippen molar-refractivity contribution in [2.24, 2.45) is 0 Å². The van der Waals surface area contributed by atoms with E-state index < -0.39 is 9.84 Å². The van der Waals surface area contributed by atoms with Crippen LogP contribution in [-0.4, -0.2) is 33.5 Å². The first-order valence-corrected chi connectivity index (χ1v) is 6.11. The Morgan fingerprint density at radius 1 is 1.42 bits per heavy atom. The van der Waals surface area contributed by atoms with E-state index in [1.54, 1.807) is 0 Å². The maximum atomic E-state index is 10.7. The molecule has 0 atom stereocenters. The molecule has 1 N–H and O–H groups in total. The van der Waals surface area contributed by atoms with Crippen LogP contribution in [0.4, 0.5) is 0 Å². The van der Waals surface area contributed by atoms with Crippen molar-refractivity contribution in [1.29, 1.82) is 0 Å². The molecular formula is C8H17NO2S. The number of allylic oxidation sites excluding steroid dienone is 1. The molecule has 0 fully saturated rings. The average Bonchev–Trinajstić information content (AvgIpc) is 1.94. The van der Waals surface area contributed by atoms with Gasteiger partial charge in [-0.3, -0.25) is 0 Å². The number of nitrogens with one attached hydrogen (secondary N) is 1. The first kappa shape index (κ1) is 11.6. The molecule has 0 bridgehead atoms. The fourth-order valence-electron chi connectivity index (χ4n) is 0.754. The fraction of sp³-hybridized carbons (Fsp3) is 0.750. The molecule has 0 rings (SSSR count). The zero-order valence-electron chi connectivity index (χ0n) is 7.54. The molecule has 12 heavy (non-hydrogen) atoms. The molecule has 0 radical (unpaired) electrons. The van der Waals surface area contributed by atoms with Crippen LogP contribution < -0.4 is 5.32 Å². The molecule has 0 amide bonds. The molecular weight excluding hydrogens is 174 g/mol. The summed E-state index contributed by atoms with van der Waals surface area (Å²) in [6.45, 7) is 5.01. The zero-order chi connectivity index (χ0) is 9.45. The van der Waals surface area contributed by atoms with Gasteiger partial charge in [0.1, 0.15) is 9.84 Å². The molecule has 0 aliphatic carbocycles. The van der Waals surface area contributed by atoms with Gasteiger partial charge in [-0.2, -0.15) is 0 Å². The van der Waals surface area contributed by atoms with Gasteiger partial charge in [0, 0.05) is 12.8 Å². The molecule has 0 aliphatic rings. The molecule has 4 heteroatoms. The molecule has 0 aromatic heterocycles. The topological polar surface area (TPSA) is 46.2 Å². The molecule has 0 saturated heterocycles. The Morgan fingerprint density at radius 2 is 2.08 bits per heavy atom. The van der Waals surface area contributed by atoms with Crippen molar-refractivity contribution in [3.05, 3.63) is 12.7 Å². The van der Waals surface area contributed by atoms with Gasteiger partial charge in [0.25, 0.3) is 0 Å². The summed E-state index contributed by atoms with van der Waals surface area (Å²) >= 11 is 0. The molecule has 0 aromatic rings. The molecule has 0 aliphatic heterocycles. The quantitative estimate of drug-likeness (QED) is 0.473. The second kappa shape index (κ2) is 6.20. The molecule has 0 aromatic carbocycles. The molecule has 3 nitrogen and oxygen atoms in total. The highest BCUT2D eigenvalue weighted by Gasteiger charge is 1.99. The first-order chi connectivity index (χ1) is 5.56. The van der Waals surface area contributed by atoms with Crippen LogP contribution in [0.2, 0.25) is 0 Å². The Labute approximate surface area is 74.8 Å². The van der Waals surface area contributed by atoms with E-state index in [0.717, 1.165) is 19.4 Å². The third kappa shape index (κ3) is 9.65. The maximum absolute atomic E-state index is 10.7. The summed E-state index contributed by atoms with van der Waals surface area (Å²) in [5.74, 6) is 0.223. The van der Waals surface area contributed by atoms with Gasteiger partial charge in [0.15, 0.2) is 0 Å². The molecule has 0 saturated carbocycles. The van der Waals surface area contributed by atoms with E-state index >= 15 is 0 Å². The second-order valence-corrected chi connectivity index (χ2v) is 5.07. The van der Waals surface area contributed by atoms with Crippen LogP contribution in [0.25, 0.3) is 0 Å². The van der Waals surface area contributed by atoms with Crippen LogP contribution in [0.15, 0.2) is 12.7 Å². The van der Waals surface area contributed by atoms with Gasteiger partial charge in [0.05, 0.1) is 5.75 Å². The smallest absolute Gasteiger partial charge is 0.148 e. The number of rotatable bonds is 7. The highest BCUT2D eigenvalue weighted by atomic mass is 32.2. The van der Waals surface area contributed by atoms with E-state index in [0.29, 0.717) is 6.54 Å². The van der Waals surface area contributed by atoms with Gasteiger partial charge in [-0.15, -0.1) is 6.58 Å². The van der Waals surface area contributed by atoms with Crippen LogP contribution >= 0.6 is 0 Å². The van der Waals surface area contributed by atoms with E-state index in [9.17, 15) is 8.42 Å². The van der Waals surface area contributed by atoms with Gasteiger partial charge in [0.2, 0.25) is 0 Å². The lowest BCUT2D eigenvalue weighted by Gasteiger charge is -2.01. The van der Waals surface area contributed by atoms with E-state index in [4.69, 9.17) is 0 Å². The van der Waals surface area contributed by atoms with E-state index in [1.165, 1.54) is 6.26 Å². The molecule has 0 spiro atoms. The van der Waals surface area contributed by atoms with Crippen molar-refractivity contribution in [2.45, 2.75) is 12.8 Å². The van der Waals surface area contributed by atoms with Crippen molar-refractivity contribution in [1.82, 2.24) is 5.32 Å². The molecule has 72 valence electrons. The summed E-state index contributed by atoms with van der Waals surface area (Å²) in [6.07, 6.45) is 5.11. The third-order valence-corrected chi connectivity index (χ3v) is 2.36. The standard InChI is InChI=1S/C8H17NO2S/c1-3-4-5-6-9-7-8-12(2,10)11/h3,9H,1,4-8H2,2H3. The SMILES string of the molecule is C=CCCCNCCS(C)(=O)=O. The van der Waals surface area contributed by atoms with Gasteiger partial charge < -0.3 is 5.32 Å². The number of unbranched alkanes of at least 4 members (excludes halogenated alkanes) is 1. The zero-order valence-corrected chi connectivity index (χ0v) is 8.36. The lowest BCUT2D eigenvalue weighted by Crippen LogP contribution is -2.23. The fourth-order valence-corrected chi connectivity index (χ4v) is 1.27. The minimum atomic E-state index is -2.80. The van der Waals surface area contributed by atoms with Crippen molar-refractivity contribution in [3.63, 3.8) is 0 Å². The van der Waals surface area contributed by atoms with E-state index in [1.807, 2.05) is 6.08 Å². The Kier molecular flexibility index (Phi) is 6.02. The lowest BCUT2D eigenvalue weighted by atomic mass is 10.3. The number of hydrogen-bond donors (Lipinski definition) is 1. The largest absolute Gasteiger partial charge is 0.316 e. The maximum Gasteiger partial charge on any atom is 0.148 e. The van der Waals surface area contributed by atoms with Gasteiger partial charge in [-0.1, -0.05) is 6.08 Å². The molecule has 0 heterocycles. The van der Waals surface area contributed by atoms with Gasteiger partial charge in [-0.25, -0.2) is 8.42 Å². The third-order valence-electron chi connectivity index (χ3n) is 1.41. The highest BCUT2D eigenvalue weighted by Crippen LogP contribution is 1.86. The Bertz CT molecular complexity index is 209. The van der Waals surface area contributed by atoms with Crippen LogP contribution in [-0.2, 0) is 9.84 Å². The van der Waals surface area contributed by atoms with Crippen LogP contribution in [0, 0.1) is 0 Å². The van der Waals surface area contributed by atoms with Crippen molar-refractivity contribution >= 4 is 9.84 Å². The summed E-state index contributed by atoms with van der Waals surface area (Å²) in [7, 11) is -2.80. The van der Waals surface area contributed by atoms with E-state index in [2.05, 4.69) is 11.9 Å². The van der Waals surface area contributed by atoms with Crippen molar-refractivity contribution in [3.8, 4) is 0 Å². The summed E-state index contributed by atoms with van der Waals surface area (Å²) < 4.78 is 21.3. The predicted octanol–water partition coefficient (Wildman–Crippen LogP) is 0.587. The Hall–Kier alpha value is -0.350. The number of sulfone groups is 1. The number of hydrogen-bond acceptors (Lipinski definition) is 3. The summed E-state index contributed by atoms with van der Waals surface area (Å²) in [5, 5.41) is 3.05. The van der Waals surface area contributed by atoms with Crippen molar-refractivity contribution in [2.75, 3.05) is 25.1 Å². The normalized spacial score (nSPS) is 11.4. The first-order valence-electron chi connectivity index (χ1n) is 4.05. The summed E-state index contributed by atoms with van der Waals surface area (Å²) in [4.78, 5) is 0. The molecule has 0 unspecified atom stereocenters. The lowest BCUT2D eigenvalue weighted by molar-refractivity contribution is 0.595. The minimum absolute atomic E-state index is 0.223. The van der Waals surface area contributed by atoms with Gasteiger partial charge in [-0.05, 0) is 19.4 Å². The highest BCUT2D eigenvalue weighted by molar-refractivity contribution is 7.90. The minimum Gasteiger partial charge on any atom is -0.316 e. The second-order valence-electron chi connectivity index (χ2n) is 2.81. The van der Waals surface area contributed by atoms with E-state index in [-0.39, 0.29) is 5.75 Å². The predicted molar refractivity (Wildman–Crippen MR) is 52.0 cm³/mol. The van der Waals surface area contributed by atoms with Crippen LogP contribution in [0.5, 0.6) is 0 Å². The monoisotopic (exact) mass is 191 g/mol. The Morgan fingerprint density at radius 3 is 2.58 bits per heavy atom.